The van der Waals surface area contributed by atoms with Gasteiger partial charge in [-0.15, -0.1) is 0 Å². The van der Waals surface area contributed by atoms with Crippen LogP contribution in [0.1, 0.15) is 22.3 Å². The summed E-state index contributed by atoms with van der Waals surface area (Å²) in [6, 6.07) is 6.69. The van der Waals surface area contributed by atoms with E-state index in [1.54, 1.807) is 31.4 Å². The topological polar surface area (TPSA) is 55.8 Å². The third-order valence-electron chi connectivity index (χ3n) is 2.11. The first kappa shape index (κ1) is 12.7. The number of carbonyl (C=O) groups is 1. The number of ether oxygens (including phenoxy) is 2. The Balaban J connectivity index is 2.29. The second-order valence-electron chi connectivity index (χ2n) is 3.40. The lowest BCUT2D eigenvalue weighted by Gasteiger charge is -2.04. The molecule has 0 bridgehead atoms. The lowest BCUT2D eigenvalue weighted by molar-refractivity contribution is 0.0696. The normalized spacial score (nSPS) is 10.3. The highest BCUT2D eigenvalue weighted by molar-refractivity contribution is 5.87. The predicted molar refractivity (Wildman–Crippen MR) is 59.6 cm³/mol. The number of methoxy groups -OCH3 is 1. The van der Waals surface area contributed by atoms with Crippen LogP contribution in [0.4, 0.5) is 0 Å². The molecule has 0 aliphatic rings. The molecule has 0 aromatic heterocycles. The van der Waals surface area contributed by atoms with Crippen molar-refractivity contribution in [1.29, 1.82) is 0 Å². The third-order valence-corrected chi connectivity index (χ3v) is 2.11. The molecule has 4 nitrogen and oxygen atoms in total. The van der Waals surface area contributed by atoms with Gasteiger partial charge in [0.05, 0.1) is 12.2 Å². The van der Waals surface area contributed by atoms with Crippen molar-refractivity contribution < 1.29 is 19.4 Å². The molecule has 0 radical (unpaired) electrons. The zero-order valence-corrected chi connectivity index (χ0v) is 9.31. The van der Waals surface area contributed by atoms with Crippen LogP contribution in [0.3, 0.4) is 0 Å². The van der Waals surface area contributed by atoms with E-state index >= 15 is 0 Å². The maximum absolute atomic E-state index is 10.6. The SMILES string of the molecule is COCCCOCc1ccc(C(=O)O)cc1. The van der Waals surface area contributed by atoms with Gasteiger partial charge in [-0.05, 0) is 24.1 Å². The number of hydrogen-bond donors (Lipinski definition) is 1. The van der Waals surface area contributed by atoms with Gasteiger partial charge >= 0.3 is 5.97 Å². The van der Waals surface area contributed by atoms with Crippen molar-refractivity contribution in [3.63, 3.8) is 0 Å². The minimum absolute atomic E-state index is 0.295. The van der Waals surface area contributed by atoms with E-state index in [4.69, 9.17) is 14.6 Å². The molecular formula is C12H16O4. The zero-order chi connectivity index (χ0) is 11.8. The second kappa shape index (κ2) is 6.98. The van der Waals surface area contributed by atoms with Crippen LogP contribution in [0.2, 0.25) is 0 Å². The summed E-state index contributed by atoms with van der Waals surface area (Å²) in [4.78, 5) is 10.6. The fourth-order valence-electron chi connectivity index (χ4n) is 1.24. The molecule has 0 saturated heterocycles. The summed E-state index contributed by atoms with van der Waals surface area (Å²) in [7, 11) is 1.66. The van der Waals surface area contributed by atoms with Crippen LogP contribution in [0.5, 0.6) is 0 Å². The Morgan fingerprint density at radius 1 is 1.25 bits per heavy atom. The van der Waals surface area contributed by atoms with E-state index < -0.39 is 5.97 Å². The number of rotatable bonds is 7. The number of carboxylic acids is 1. The average Bonchev–Trinajstić information content (AvgIpc) is 2.29. The lowest BCUT2D eigenvalue weighted by atomic mass is 10.1. The molecule has 0 saturated carbocycles. The molecule has 1 N–H and O–H groups in total. The monoisotopic (exact) mass is 224 g/mol. The van der Waals surface area contributed by atoms with Crippen molar-refractivity contribution in [3.8, 4) is 0 Å². The van der Waals surface area contributed by atoms with Crippen LogP contribution in [0.15, 0.2) is 24.3 Å². The summed E-state index contributed by atoms with van der Waals surface area (Å²) in [5.41, 5.74) is 1.27. The zero-order valence-electron chi connectivity index (χ0n) is 9.31. The molecule has 16 heavy (non-hydrogen) atoms. The molecule has 4 heteroatoms. The van der Waals surface area contributed by atoms with E-state index in [9.17, 15) is 4.79 Å². The second-order valence-corrected chi connectivity index (χ2v) is 3.40. The first-order valence-corrected chi connectivity index (χ1v) is 5.13. The fraction of sp³-hybridized carbons (Fsp3) is 0.417. The van der Waals surface area contributed by atoms with Gasteiger partial charge in [-0.2, -0.15) is 0 Å². The van der Waals surface area contributed by atoms with Crippen molar-refractivity contribution in [2.24, 2.45) is 0 Å². The molecule has 1 aromatic carbocycles. The van der Waals surface area contributed by atoms with Gasteiger partial charge in [-0.3, -0.25) is 0 Å². The molecule has 0 atom stereocenters. The Morgan fingerprint density at radius 2 is 1.94 bits per heavy atom. The van der Waals surface area contributed by atoms with Gasteiger partial charge in [0.1, 0.15) is 0 Å². The minimum atomic E-state index is -0.910. The first-order chi connectivity index (χ1) is 7.74. The van der Waals surface area contributed by atoms with E-state index in [0.717, 1.165) is 12.0 Å². The Bertz CT molecular complexity index is 318. The summed E-state index contributed by atoms with van der Waals surface area (Å²) < 4.78 is 10.3. The molecule has 0 aliphatic carbocycles. The van der Waals surface area contributed by atoms with Crippen molar-refractivity contribution in [2.75, 3.05) is 20.3 Å². The summed E-state index contributed by atoms with van der Waals surface area (Å²) in [5, 5.41) is 8.70. The van der Waals surface area contributed by atoms with Crippen LogP contribution < -0.4 is 0 Å². The van der Waals surface area contributed by atoms with Gasteiger partial charge in [-0.25, -0.2) is 4.79 Å². The summed E-state index contributed by atoms with van der Waals surface area (Å²) in [6.07, 6.45) is 0.865. The summed E-state index contributed by atoms with van der Waals surface area (Å²) >= 11 is 0. The largest absolute Gasteiger partial charge is 0.478 e. The molecule has 0 heterocycles. The van der Waals surface area contributed by atoms with Crippen molar-refractivity contribution >= 4 is 5.97 Å². The highest BCUT2D eigenvalue weighted by atomic mass is 16.5. The predicted octanol–water partition coefficient (Wildman–Crippen LogP) is 1.94. The lowest BCUT2D eigenvalue weighted by Crippen LogP contribution is -2.00. The standard InChI is InChI=1S/C12H16O4/c1-15-7-2-8-16-9-10-3-5-11(6-4-10)12(13)14/h3-6H,2,7-9H2,1H3,(H,13,14). The van der Waals surface area contributed by atoms with Crippen molar-refractivity contribution in [3.05, 3.63) is 35.4 Å². The summed E-state index contributed by atoms with van der Waals surface area (Å²) in [5.74, 6) is -0.910. The highest BCUT2D eigenvalue weighted by Gasteiger charge is 2.01. The maximum Gasteiger partial charge on any atom is 0.335 e. The molecule has 0 unspecified atom stereocenters. The first-order valence-electron chi connectivity index (χ1n) is 5.13. The maximum atomic E-state index is 10.6. The van der Waals surface area contributed by atoms with Gasteiger partial charge in [-0.1, -0.05) is 12.1 Å². The average molecular weight is 224 g/mol. The van der Waals surface area contributed by atoms with E-state index in [1.807, 2.05) is 0 Å². The van der Waals surface area contributed by atoms with Crippen LogP contribution in [-0.2, 0) is 16.1 Å². The Hall–Kier alpha value is -1.39. The Kier molecular flexibility index (Phi) is 5.53. The van der Waals surface area contributed by atoms with Gasteiger partial charge in [0.2, 0.25) is 0 Å². The molecule has 0 spiro atoms. The van der Waals surface area contributed by atoms with E-state index in [1.165, 1.54) is 0 Å². The molecular weight excluding hydrogens is 208 g/mol. The van der Waals surface area contributed by atoms with E-state index in [2.05, 4.69) is 0 Å². The van der Waals surface area contributed by atoms with E-state index in [-0.39, 0.29) is 0 Å². The number of benzene rings is 1. The highest BCUT2D eigenvalue weighted by Crippen LogP contribution is 2.05. The quantitative estimate of drug-likeness (QED) is 0.719. The van der Waals surface area contributed by atoms with Crippen LogP contribution in [0.25, 0.3) is 0 Å². The molecule has 0 aliphatic heterocycles. The van der Waals surface area contributed by atoms with Gasteiger partial charge < -0.3 is 14.6 Å². The molecule has 0 fully saturated rings. The number of hydrogen-bond acceptors (Lipinski definition) is 3. The van der Waals surface area contributed by atoms with Crippen LogP contribution in [0, 0.1) is 0 Å². The molecule has 88 valence electrons. The fourth-order valence-corrected chi connectivity index (χ4v) is 1.24. The van der Waals surface area contributed by atoms with Gasteiger partial charge in [0.15, 0.2) is 0 Å². The molecule has 1 aromatic rings. The van der Waals surface area contributed by atoms with Gasteiger partial charge in [0.25, 0.3) is 0 Å². The summed E-state index contributed by atoms with van der Waals surface area (Å²) in [6.45, 7) is 1.84. The smallest absolute Gasteiger partial charge is 0.335 e. The molecule has 1 rings (SSSR count). The number of aromatic carboxylic acids is 1. The minimum Gasteiger partial charge on any atom is -0.478 e. The van der Waals surface area contributed by atoms with Crippen LogP contribution in [-0.4, -0.2) is 31.4 Å². The molecule has 0 amide bonds. The van der Waals surface area contributed by atoms with E-state index in [0.29, 0.717) is 25.4 Å². The Morgan fingerprint density at radius 3 is 2.50 bits per heavy atom. The van der Waals surface area contributed by atoms with Crippen LogP contribution >= 0.6 is 0 Å². The Labute approximate surface area is 94.8 Å². The van der Waals surface area contributed by atoms with Gasteiger partial charge in [0, 0.05) is 20.3 Å². The number of carboxylic acid groups (broad SMARTS) is 1. The van der Waals surface area contributed by atoms with Crippen molar-refractivity contribution in [2.45, 2.75) is 13.0 Å². The third kappa shape index (κ3) is 4.42. The van der Waals surface area contributed by atoms with Crippen molar-refractivity contribution in [1.82, 2.24) is 0 Å².